The quantitative estimate of drug-likeness (QED) is 0.635. The maximum Gasteiger partial charge on any atom is 0.256 e. The van der Waals surface area contributed by atoms with Crippen LogP contribution < -0.4 is 0 Å². The van der Waals surface area contributed by atoms with E-state index in [9.17, 15) is 0 Å². The van der Waals surface area contributed by atoms with Crippen LogP contribution in [0.25, 0.3) is 15.7 Å². The summed E-state index contributed by atoms with van der Waals surface area (Å²) in [6, 6.07) is 5.81. The molecule has 3 nitrogen and oxygen atoms in total. The van der Waals surface area contributed by atoms with Crippen molar-refractivity contribution in [2.45, 2.75) is 13.5 Å². The molecule has 0 saturated carbocycles. The van der Waals surface area contributed by atoms with E-state index in [2.05, 4.69) is 14.8 Å². The summed E-state index contributed by atoms with van der Waals surface area (Å²) in [5.74, 6) is 0. The number of hydrogen-bond acceptors (Lipinski definition) is 2. The van der Waals surface area contributed by atoms with E-state index in [-0.39, 0.29) is 0 Å². The molecule has 0 radical (unpaired) electrons. The first-order valence-corrected chi connectivity index (χ1v) is 4.36. The van der Waals surface area contributed by atoms with E-state index in [4.69, 9.17) is 6.57 Å². The topological polar surface area (TPSA) is 30.1 Å². The average Bonchev–Trinajstić information content (AvgIpc) is 2.18. The van der Waals surface area contributed by atoms with Crippen molar-refractivity contribution in [3.05, 3.63) is 47.2 Å². The number of nitrogens with zero attached hydrogens (tertiary/aromatic N) is 3. The van der Waals surface area contributed by atoms with Gasteiger partial charge in [0.15, 0.2) is 0 Å². The van der Waals surface area contributed by atoms with E-state index in [0.717, 1.165) is 22.3 Å². The van der Waals surface area contributed by atoms with Crippen molar-refractivity contribution in [3.63, 3.8) is 0 Å². The fourth-order valence-corrected chi connectivity index (χ4v) is 1.48. The van der Waals surface area contributed by atoms with Crippen LogP contribution in [0.15, 0.2) is 24.4 Å². The predicted molar refractivity (Wildman–Crippen MR) is 54.6 cm³/mol. The number of rotatable bonds is 1. The monoisotopic (exact) mass is 183 g/mol. The number of aryl methyl sites for hydroxylation is 1. The molecular weight excluding hydrogens is 174 g/mol. The van der Waals surface area contributed by atoms with Crippen LogP contribution in [-0.4, -0.2) is 9.97 Å². The summed E-state index contributed by atoms with van der Waals surface area (Å²) in [5.41, 5.74) is 2.63. The van der Waals surface area contributed by atoms with Gasteiger partial charge in [-0.05, 0) is 19.1 Å². The Kier molecular flexibility index (Phi) is 2.11. The van der Waals surface area contributed by atoms with E-state index in [1.807, 2.05) is 25.1 Å². The summed E-state index contributed by atoms with van der Waals surface area (Å²) < 4.78 is 0. The summed E-state index contributed by atoms with van der Waals surface area (Å²) >= 11 is 0. The Bertz CT molecular complexity index is 511. The second-order valence-electron chi connectivity index (χ2n) is 3.09. The molecular formula is C11H9N3. The van der Waals surface area contributed by atoms with Crippen LogP contribution in [-0.2, 0) is 6.54 Å². The minimum Gasteiger partial charge on any atom is -0.310 e. The minimum absolute atomic E-state index is 0.339. The zero-order valence-corrected chi connectivity index (χ0v) is 7.86. The van der Waals surface area contributed by atoms with Crippen molar-refractivity contribution in [2.75, 3.05) is 0 Å². The molecule has 3 heteroatoms. The maximum absolute atomic E-state index is 6.79. The molecule has 2 rings (SSSR count). The molecule has 68 valence electrons. The Balaban J connectivity index is 2.67. The highest BCUT2D eigenvalue weighted by Gasteiger charge is 2.04. The fourth-order valence-electron chi connectivity index (χ4n) is 1.48. The molecule has 0 N–H and O–H groups in total. The van der Waals surface area contributed by atoms with E-state index >= 15 is 0 Å². The van der Waals surface area contributed by atoms with Crippen molar-refractivity contribution in [1.29, 1.82) is 0 Å². The molecule has 0 spiro atoms. The molecule has 0 bridgehead atoms. The van der Waals surface area contributed by atoms with Crippen LogP contribution in [0.3, 0.4) is 0 Å². The van der Waals surface area contributed by atoms with Crippen LogP contribution in [0.4, 0.5) is 0 Å². The second kappa shape index (κ2) is 3.43. The Hall–Kier alpha value is -1.95. The average molecular weight is 183 g/mol. The molecule has 0 amide bonds. The standard InChI is InChI=1S/C11H9N3/c1-8-11-9(4-3-5-13-11)6-10(14-8)7-12-2/h3-6H,7H2,1H3. The van der Waals surface area contributed by atoms with Gasteiger partial charge in [-0.1, -0.05) is 6.07 Å². The van der Waals surface area contributed by atoms with E-state index in [1.165, 1.54) is 0 Å². The van der Waals surface area contributed by atoms with Crippen molar-refractivity contribution in [3.8, 4) is 0 Å². The number of fused-ring (bicyclic) bond motifs is 1. The smallest absolute Gasteiger partial charge is 0.256 e. The van der Waals surface area contributed by atoms with E-state index in [1.54, 1.807) is 6.20 Å². The van der Waals surface area contributed by atoms with Crippen molar-refractivity contribution >= 4 is 10.9 Å². The van der Waals surface area contributed by atoms with Crippen LogP contribution in [0, 0.1) is 13.5 Å². The molecule has 0 aromatic carbocycles. The lowest BCUT2D eigenvalue weighted by molar-refractivity contribution is 1.07. The number of hydrogen-bond donors (Lipinski definition) is 0. The Morgan fingerprint density at radius 3 is 3.14 bits per heavy atom. The molecule has 0 aliphatic rings. The zero-order chi connectivity index (χ0) is 9.97. The first kappa shape index (κ1) is 8.64. The predicted octanol–water partition coefficient (Wildman–Crippen LogP) is 2.36. The van der Waals surface area contributed by atoms with Gasteiger partial charge in [-0.25, -0.2) is 11.6 Å². The Morgan fingerprint density at radius 2 is 2.36 bits per heavy atom. The maximum atomic E-state index is 6.79. The molecule has 0 saturated heterocycles. The van der Waals surface area contributed by atoms with E-state index < -0.39 is 0 Å². The normalized spacial score (nSPS) is 10.0. The van der Waals surface area contributed by atoms with Gasteiger partial charge in [-0.15, -0.1) is 0 Å². The lowest BCUT2D eigenvalue weighted by Crippen LogP contribution is -1.92. The lowest BCUT2D eigenvalue weighted by atomic mass is 10.2. The third kappa shape index (κ3) is 1.42. The van der Waals surface area contributed by atoms with Crippen LogP contribution in [0.2, 0.25) is 0 Å². The third-order valence-corrected chi connectivity index (χ3v) is 2.06. The molecule has 2 aromatic rings. The molecule has 2 heterocycles. The van der Waals surface area contributed by atoms with Crippen LogP contribution in [0.5, 0.6) is 0 Å². The highest BCUT2D eigenvalue weighted by molar-refractivity contribution is 5.80. The third-order valence-electron chi connectivity index (χ3n) is 2.06. The molecule has 0 atom stereocenters. The summed E-state index contributed by atoms with van der Waals surface area (Å²) in [5, 5.41) is 1.05. The molecule has 14 heavy (non-hydrogen) atoms. The van der Waals surface area contributed by atoms with Crippen LogP contribution in [0.1, 0.15) is 11.4 Å². The lowest BCUT2D eigenvalue weighted by Gasteiger charge is -2.01. The summed E-state index contributed by atoms with van der Waals surface area (Å²) in [7, 11) is 0. The molecule has 0 aliphatic carbocycles. The summed E-state index contributed by atoms with van der Waals surface area (Å²) in [6.07, 6.45) is 1.76. The number of pyridine rings is 2. The SMILES string of the molecule is [C-]#[N+]Cc1cc2cccnc2c(C)n1. The number of aromatic nitrogens is 2. The van der Waals surface area contributed by atoms with Crippen LogP contribution >= 0.6 is 0 Å². The fraction of sp³-hybridized carbons (Fsp3) is 0.182. The van der Waals surface area contributed by atoms with Gasteiger partial charge < -0.3 is 4.85 Å². The van der Waals surface area contributed by atoms with Gasteiger partial charge in [0.25, 0.3) is 6.54 Å². The molecule has 0 fully saturated rings. The zero-order valence-electron chi connectivity index (χ0n) is 7.86. The minimum atomic E-state index is 0.339. The molecule has 0 unspecified atom stereocenters. The van der Waals surface area contributed by atoms with Crippen molar-refractivity contribution < 1.29 is 0 Å². The van der Waals surface area contributed by atoms with Gasteiger partial charge in [0, 0.05) is 11.6 Å². The first-order chi connectivity index (χ1) is 6.81. The molecule has 2 aromatic heterocycles. The highest BCUT2D eigenvalue weighted by Crippen LogP contribution is 2.15. The second-order valence-corrected chi connectivity index (χ2v) is 3.09. The largest absolute Gasteiger partial charge is 0.310 e. The van der Waals surface area contributed by atoms with Crippen molar-refractivity contribution in [2.24, 2.45) is 0 Å². The first-order valence-electron chi connectivity index (χ1n) is 4.36. The Morgan fingerprint density at radius 1 is 1.50 bits per heavy atom. The van der Waals surface area contributed by atoms with Gasteiger partial charge in [0.1, 0.15) is 5.69 Å². The van der Waals surface area contributed by atoms with Gasteiger partial charge in [0.05, 0.1) is 11.2 Å². The highest BCUT2D eigenvalue weighted by atomic mass is 14.8. The summed E-state index contributed by atoms with van der Waals surface area (Å²) in [4.78, 5) is 11.9. The van der Waals surface area contributed by atoms with Crippen molar-refractivity contribution in [1.82, 2.24) is 9.97 Å². The Labute approximate surface area is 82.2 Å². The van der Waals surface area contributed by atoms with Gasteiger partial charge in [-0.3, -0.25) is 4.98 Å². The molecule has 0 aliphatic heterocycles. The van der Waals surface area contributed by atoms with E-state index in [0.29, 0.717) is 6.54 Å². The van der Waals surface area contributed by atoms with Gasteiger partial charge in [-0.2, -0.15) is 0 Å². The summed E-state index contributed by atoms with van der Waals surface area (Å²) in [6.45, 7) is 9.05. The van der Waals surface area contributed by atoms with Gasteiger partial charge in [0.2, 0.25) is 0 Å². The van der Waals surface area contributed by atoms with Gasteiger partial charge >= 0.3 is 0 Å².